The number of nitrogens with zero attached hydrogens (tertiary/aromatic N) is 3. The number of ether oxygens (including phenoxy) is 2. The number of halogens is 1. The minimum atomic E-state index is -0.291. The van der Waals surface area contributed by atoms with Crippen LogP contribution in [0.4, 0.5) is 4.39 Å². The van der Waals surface area contributed by atoms with E-state index < -0.39 is 0 Å². The first-order valence-electron chi connectivity index (χ1n) is 10.1. The highest BCUT2D eigenvalue weighted by atomic mass is 32.1. The Labute approximate surface area is 174 Å². The van der Waals surface area contributed by atoms with Crippen molar-refractivity contribution in [1.29, 1.82) is 0 Å². The SMILES string of the molecule is O=C1CO[C@H](COc2ccc(F)cc2)CN1C1CCN(CCc2cscn2)CC1. The van der Waals surface area contributed by atoms with E-state index in [1.807, 2.05) is 10.4 Å². The summed E-state index contributed by atoms with van der Waals surface area (Å²) in [5.41, 5.74) is 3.03. The fraction of sp³-hybridized carbons (Fsp3) is 0.524. The van der Waals surface area contributed by atoms with E-state index in [1.165, 1.54) is 12.1 Å². The van der Waals surface area contributed by atoms with Gasteiger partial charge in [0.15, 0.2) is 0 Å². The molecule has 0 unspecified atom stereocenters. The van der Waals surface area contributed by atoms with E-state index >= 15 is 0 Å². The van der Waals surface area contributed by atoms with E-state index in [0.717, 1.165) is 44.6 Å². The van der Waals surface area contributed by atoms with Gasteiger partial charge in [-0.3, -0.25) is 4.79 Å². The molecule has 0 radical (unpaired) electrons. The molecular formula is C21H26FN3O3S. The molecule has 2 aliphatic heterocycles. The van der Waals surface area contributed by atoms with Crippen molar-refractivity contribution in [2.75, 3.05) is 39.4 Å². The Morgan fingerprint density at radius 1 is 1.24 bits per heavy atom. The monoisotopic (exact) mass is 419 g/mol. The summed E-state index contributed by atoms with van der Waals surface area (Å²) < 4.78 is 24.4. The lowest BCUT2D eigenvalue weighted by Crippen LogP contribution is -2.55. The molecule has 1 aromatic carbocycles. The van der Waals surface area contributed by atoms with Crippen LogP contribution in [0, 0.1) is 5.82 Å². The molecule has 29 heavy (non-hydrogen) atoms. The van der Waals surface area contributed by atoms with Gasteiger partial charge >= 0.3 is 0 Å². The number of piperidine rings is 1. The number of hydrogen-bond acceptors (Lipinski definition) is 6. The number of benzene rings is 1. The van der Waals surface area contributed by atoms with Crippen molar-refractivity contribution >= 4 is 17.2 Å². The summed E-state index contributed by atoms with van der Waals surface area (Å²) in [6, 6.07) is 6.20. The molecule has 2 aromatic rings. The second-order valence-electron chi connectivity index (χ2n) is 7.55. The molecule has 2 saturated heterocycles. The maximum absolute atomic E-state index is 13.0. The number of carbonyl (C=O) groups is 1. The van der Waals surface area contributed by atoms with Gasteiger partial charge in [0, 0.05) is 37.5 Å². The van der Waals surface area contributed by atoms with E-state index in [-0.39, 0.29) is 30.5 Å². The number of carbonyl (C=O) groups excluding carboxylic acids is 1. The van der Waals surface area contributed by atoms with Crippen molar-refractivity contribution in [2.24, 2.45) is 0 Å². The summed E-state index contributed by atoms with van der Waals surface area (Å²) in [5.74, 6) is 0.372. The van der Waals surface area contributed by atoms with Crippen LogP contribution in [0.5, 0.6) is 5.75 Å². The molecule has 1 amide bonds. The highest BCUT2D eigenvalue weighted by molar-refractivity contribution is 7.07. The van der Waals surface area contributed by atoms with Crippen LogP contribution in [0.25, 0.3) is 0 Å². The number of hydrogen-bond donors (Lipinski definition) is 0. The topological polar surface area (TPSA) is 54.9 Å². The van der Waals surface area contributed by atoms with Crippen molar-refractivity contribution in [1.82, 2.24) is 14.8 Å². The maximum atomic E-state index is 13.0. The zero-order chi connectivity index (χ0) is 20.1. The zero-order valence-corrected chi connectivity index (χ0v) is 17.2. The number of aromatic nitrogens is 1. The fourth-order valence-corrected chi connectivity index (χ4v) is 4.50. The first-order chi connectivity index (χ1) is 14.2. The van der Waals surface area contributed by atoms with Gasteiger partial charge in [0.25, 0.3) is 0 Å². The second kappa shape index (κ2) is 9.65. The highest BCUT2D eigenvalue weighted by Crippen LogP contribution is 2.21. The van der Waals surface area contributed by atoms with E-state index in [4.69, 9.17) is 9.47 Å². The third-order valence-electron chi connectivity index (χ3n) is 5.58. The van der Waals surface area contributed by atoms with E-state index in [1.54, 1.807) is 23.5 Å². The summed E-state index contributed by atoms with van der Waals surface area (Å²) >= 11 is 1.64. The lowest BCUT2D eigenvalue weighted by molar-refractivity contribution is -0.155. The Balaban J connectivity index is 1.23. The largest absolute Gasteiger partial charge is 0.491 e. The van der Waals surface area contributed by atoms with E-state index in [0.29, 0.717) is 18.9 Å². The van der Waals surface area contributed by atoms with Gasteiger partial charge in [-0.1, -0.05) is 0 Å². The van der Waals surface area contributed by atoms with Crippen LogP contribution in [0.1, 0.15) is 18.5 Å². The Morgan fingerprint density at radius 2 is 2.03 bits per heavy atom. The Morgan fingerprint density at radius 3 is 2.76 bits per heavy atom. The van der Waals surface area contributed by atoms with E-state index in [9.17, 15) is 9.18 Å². The molecule has 156 valence electrons. The average Bonchev–Trinajstić information content (AvgIpc) is 3.27. The summed E-state index contributed by atoms with van der Waals surface area (Å²) in [5, 5.41) is 2.10. The molecule has 6 nitrogen and oxygen atoms in total. The number of rotatable bonds is 7. The van der Waals surface area contributed by atoms with Gasteiger partial charge in [-0.2, -0.15) is 0 Å². The zero-order valence-electron chi connectivity index (χ0n) is 16.3. The van der Waals surface area contributed by atoms with Gasteiger partial charge < -0.3 is 19.3 Å². The molecule has 0 aliphatic carbocycles. The normalized spacial score (nSPS) is 21.5. The van der Waals surface area contributed by atoms with Gasteiger partial charge in [-0.15, -0.1) is 11.3 Å². The molecule has 0 N–H and O–H groups in total. The minimum Gasteiger partial charge on any atom is -0.491 e. The van der Waals surface area contributed by atoms with Crippen LogP contribution in [-0.2, 0) is 16.0 Å². The van der Waals surface area contributed by atoms with Gasteiger partial charge in [0.1, 0.15) is 30.9 Å². The predicted molar refractivity (Wildman–Crippen MR) is 109 cm³/mol. The van der Waals surface area contributed by atoms with Gasteiger partial charge in [-0.25, -0.2) is 9.37 Å². The van der Waals surface area contributed by atoms with Crippen molar-refractivity contribution < 1.29 is 18.7 Å². The summed E-state index contributed by atoms with van der Waals surface area (Å²) in [6.07, 6.45) is 2.77. The summed E-state index contributed by atoms with van der Waals surface area (Å²) in [4.78, 5) is 21.2. The molecule has 2 fully saturated rings. The van der Waals surface area contributed by atoms with E-state index in [2.05, 4.69) is 15.3 Å². The molecule has 0 saturated carbocycles. The van der Waals surface area contributed by atoms with Crippen molar-refractivity contribution in [3.63, 3.8) is 0 Å². The lowest BCUT2D eigenvalue weighted by atomic mass is 10.0. The number of morpholine rings is 1. The number of amides is 1. The molecule has 1 atom stereocenters. The van der Waals surface area contributed by atoms with Crippen LogP contribution in [0.2, 0.25) is 0 Å². The quantitative estimate of drug-likeness (QED) is 0.691. The first kappa shape index (κ1) is 20.3. The molecule has 2 aliphatic rings. The first-order valence-corrected chi connectivity index (χ1v) is 11.0. The maximum Gasteiger partial charge on any atom is 0.248 e. The average molecular weight is 420 g/mol. The molecular weight excluding hydrogens is 393 g/mol. The van der Waals surface area contributed by atoms with Crippen LogP contribution >= 0.6 is 11.3 Å². The van der Waals surface area contributed by atoms with Crippen molar-refractivity contribution in [3.05, 3.63) is 46.7 Å². The fourth-order valence-electron chi connectivity index (χ4n) is 3.91. The molecule has 1 aromatic heterocycles. The summed E-state index contributed by atoms with van der Waals surface area (Å²) in [6.45, 7) is 4.00. The number of likely N-dealkylation sites (tertiary alicyclic amines) is 1. The number of thiazole rings is 1. The van der Waals surface area contributed by atoms with Crippen LogP contribution < -0.4 is 4.74 Å². The van der Waals surface area contributed by atoms with Gasteiger partial charge in [0.2, 0.25) is 5.91 Å². The van der Waals surface area contributed by atoms with Crippen LogP contribution in [-0.4, -0.2) is 72.2 Å². The van der Waals surface area contributed by atoms with Crippen LogP contribution in [0.3, 0.4) is 0 Å². The van der Waals surface area contributed by atoms with Crippen LogP contribution in [0.15, 0.2) is 35.2 Å². The highest BCUT2D eigenvalue weighted by Gasteiger charge is 2.33. The Bertz CT molecular complexity index is 779. The van der Waals surface area contributed by atoms with Gasteiger partial charge in [0.05, 0.1) is 17.7 Å². The van der Waals surface area contributed by atoms with Crippen molar-refractivity contribution in [2.45, 2.75) is 31.4 Å². The molecule has 0 bridgehead atoms. The second-order valence-corrected chi connectivity index (χ2v) is 8.27. The standard InChI is InChI=1S/C21H26FN3O3S/c22-16-1-3-19(4-2-16)27-12-20-11-25(21(26)13-28-20)18-6-9-24(10-7-18)8-5-17-14-29-15-23-17/h1-4,14-15,18,20H,5-13H2/t20-/m0/s1. The predicted octanol–water partition coefficient (Wildman–Crippen LogP) is 2.60. The smallest absolute Gasteiger partial charge is 0.248 e. The minimum absolute atomic E-state index is 0.0592. The van der Waals surface area contributed by atoms with Crippen molar-refractivity contribution in [3.8, 4) is 5.75 Å². The summed E-state index contributed by atoms with van der Waals surface area (Å²) in [7, 11) is 0. The molecule has 3 heterocycles. The third kappa shape index (κ3) is 5.52. The molecule has 0 spiro atoms. The Hall–Kier alpha value is -2.03. The molecule has 4 rings (SSSR count). The third-order valence-corrected chi connectivity index (χ3v) is 6.21. The Kier molecular flexibility index (Phi) is 6.74. The lowest BCUT2D eigenvalue weighted by Gasteiger charge is -2.42. The molecule has 8 heteroatoms. The van der Waals surface area contributed by atoms with Gasteiger partial charge in [-0.05, 0) is 37.1 Å².